The minimum atomic E-state index is -4.53. The van der Waals surface area contributed by atoms with Gasteiger partial charge in [-0.3, -0.25) is 9.59 Å². The molecule has 0 radical (unpaired) electrons. The van der Waals surface area contributed by atoms with Gasteiger partial charge in [0, 0.05) is 19.8 Å². The summed E-state index contributed by atoms with van der Waals surface area (Å²) < 4.78 is 42.2. The Kier molecular flexibility index (Phi) is 8.16. The quantitative estimate of drug-likeness (QED) is 0.586. The molecule has 0 aliphatic rings. The molecule has 2 amide bonds. The molecule has 0 aliphatic heterocycles. The highest BCUT2D eigenvalue weighted by atomic mass is 19.4. The number of ether oxygens (including phenoxy) is 1. The molecule has 0 aromatic heterocycles. The number of carbonyl (C=O) groups is 2. The Labute approximate surface area is 115 Å². The lowest BCUT2D eigenvalue weighted by Gasteiger charge is -2.26. The first-order chi connectivity index (χ1) is 9.17. The van der Waals surface area contributed by atoms with Crippen molar-refractivity contribution in [1.29, 1.82) is 0 Å². The van der Waals surface area contributed by atoms with Crippen molar-refractivity contribution in [2.24, 2.45) is 11.5 Å². The lowest BCUT2D eigenvalue weighted by Crippen LogP contribution is -2.49. The Morgan fingerprint density at radius 2 is 1.95 bits per heavy atom. The molecule has 0 aromatic rings. The molecule has 1 unspecified atom stereocenters. The third-order valence-electron chi connectivity index (χ3n) is 2.34. The van der Waals surface area contributed by atoms with Crippen molar-refractivity contribution in [2.75, 3.05) is 26.3 Å². The molecular weight excluding hydrogens is 279 g/mol. The van der Waals surface area contributed by atoms with Crippen molar-refractivity contribution in [3.63, 3.8) is 0 Å². The zero-order valence-corrected chi connectivity index (χ0v) is 11.3. The smallest absolute Gasteiger partial charge is 0.382 e. The van der Waals surface area contributed by atoms with Crippen molar-refractivity contribution < 1.29 is 27.5 Å². The van der Waals surface area contributed by atoms with E-state index in [0.717, 1.165) is 0 Å². The van der Waals surface area contributed by atoms with Gasteiger partial charge in [0.25, 0.3) is 0 Å². The fourth-order valence-corrected chi connectivity index (χ4v) is 1.52. The van der Waals surface area contributed by atoms with Gasteiger partial charge in [-0.15, -0.1) is 0 Å². The first-order valence-corrected chi connectivity index (χ1v) is 6.14. The van der Waals surface area contributed by atoms with E-state index in [4.69, 9.17) is 16.2 Å². The molecule has 0 spiro atoms. The number of carbonyl (C=O) groups excluding carboxylic acids is 2. The van der Waals surface area contributed by atoms with E-state index in [9.17, 15) is 22.8 Å². The van der Waals surface area contributed by atoms with Crippen molar-refractivity contribution in [3.8, 4) is 0 Å². The maximum Gasteiger partial charge on any atom is 0.406 e. The second-order valence-corrected chi connectivity index (χ2v) is 4.20. The SMILES string of the molecule is CCOCCCN(CC(F)(F)F)C(=O)C(N)CC(N)=O. The Balaban J connectivity index is 4.56. The van der Waals surface area contributed by atoms with Gasteiger partial charge < -0.3 is 21.1 Å². The molecule has 9 heteroatoms. The lowest BCUT2D eigenvalue weighted by molar-refractivity contribution is -0.162. The predicted octanol–water partition coefficient (Wildman–Crippen LogP) is 0.00660. The second-order valence-electron chi connectivity index (χ2n) is 4.20. The number of nitrogens with two attached hydrogens (primary N) is 2. The van der Waals surface area contributed by atoms with Gasteiger partial charge in [-0.25, -0.2) is 0 Å². The summed E-state index contributed by atoms with van der Waals surface area (Å²) in [6, 6.07) is -1.36. The third kappa shape index (κ3) is 8.70. The number of amides is 2. The van der Waals surface area contributed by atoms with E-state index < -0.39 is 37.0 Å². The van der Waals surface area contributed by atoms with Crippen LogP contribution in [0.5, 0.6) is 0 Å². The van der Waals surface area contributed by atoms with Crippen molar-refractivity contribution in [1.82, 2.24) is 4.90 Å². The topological polar surface area (TPSA) is 98.7 Å². The van der Waals surface area contributed by atoms with Crippen LogP contribution in [-0.4, -0.2) is 55.2 Å². The zero-order valence-electron chi connectivity index (χ0n) is 11.3. The Bertz CT molecular complexity index is 324. The van der Waals surface area contributed by atoms with E-state index >= 15 is 0 Å². The Hall–Kier alpha value is -1.35. The van der Waals surface area contributed by atoms with Crippen LogP contribution in [-0.2, 0) is 14.3 Å². The van der Waals surface area contributed by atoms with Gasteiger partial charge >= 0.3 is 6.18 Å². The molecule has 1 atom stereocenters. The summed E-state index contributed by atoms with van der Waals surface area (Å²) in [4.78, 5) is 23.0. The van der Waals surface area contributed by atoms with E-state index in [2.05, 4.69) is 0 Å². The molecule has 0 heterocycles. The van der Waals surface area contributed by atoms with Gasteiger partial charge in [-0.05, 0) is 13.3 Å². The predicted molar refractivity (Wildman–Crippen MR) is 65.5 cm³/mol. The number of alkyl halides is 3. The molecule has 0 bridgehead atoms. The Morgan fingerprint density at radius 3 is 2.40 bits per heavy atom. The van der Waals surface area contributed by atoms with Gasteiger partial charge in [0.2, 0.25) is 11.8 Å². The highest BCUT2D eigenvalue weighted by Crippen LogP contribution is 2.17. The Morgan fingerprint density at radius 1 is 1.35 bits per heavy atom. The molecule has 0 aliphatic carbocycles. The van der Waals surface area contributed by atoms with Crippen LogP contribution in [0.4, 0.5) is 13.2 Å². The molecule has 4 N–H and O–H groups in total. The lowest BCUT2D eigenvalue weighted by atomic mass is 10.2. The van der Waals surface area contributed by atoms with Crippen LogP contribution in [0.3, 0.4) is 0 Å². The van der Waals surface area contributed by atoms with E-state index in [0.29, 0.717) is 11.5 Å². The number of hydrogen-bond donors (Lipinski definition) is 2. The monoisotopic (exact) mass is 299 g/mol. The number of halogens is 3. The minimum absolute atomic E-state index is 0.148. The van der Waals surface area contributed by atoms with Crippen molar-refractivity contribution in [2.45, 2.75) is 32.0 Å². The summed E-state index contributed by atoms with van der Waals surface area (Å²) in [5, 5.41) is 0. The fraction of sp³-hybridized carbons (Fsp3) is 0.818. The van der Waals surface area contributed by atoms with E-state index in [1.54, 1.807) is 6.92 Å². The average molecular weight is 299 g/mol. The van der Waals surface area contributed by atoms with Gasteiger partial charge in [-0.2, -0.15) is 13.2 Å². The van der Waals surface area contributed by atoms with Gasteiger partial charge in [0.1, 0.15) is 6.54 Å². The van der Waals surface area contributed by atoms with Crippen molar-refractivity contribution in [3.05, 3.63) is 0 Å². The van der Waals surface area contributed by atoms with Gasteiger partial charge in [0.15, 0.2) is 0 Å². The number of hydrogen-bond acceptors (Lipinski definition) is 4. The van der Waals surface area contributed by atoms with Crippen LogP contribution in [0, 0.1) is 0 Å². The molecule has 118 valence electrons. The van der Waals surface area contributed by atoms with Crippen LogP contribution in [0.25, 0.3) is 0 Å². The second kappa shape index (κ2) is 8.75. The standard InChI is InChI=1S/C11H20F3N3O3/c1-2-20-5-3-4-17(7-11(12,13)14)10(19)8(15)6-9(16)18/h8H,2-7,15H2,1H3,(H2,16,18). The number of primary amides is 1. The van der Waals surface area contributed by atoms with Crippen LogP contribution >= 0.6 is 0 Å². The fourth-order valence-electron chi connectivity index (χ4n) is 1.52. The first kappa shape index (κ1) is 18.7. The molecule has 0 saturated carbocycles. The molecule has 6 nitrogen and oxygen atoms in total. The summed E-state index contributed by atoms with van der Waals surface area (Å²) >= 11 is 0. The minimum Gasteiger partial charge on any atom is -0.382 e. The van der Waals surface area contributed by atoms with Gasteiger partial charge in [-0.1, -0.05) is 0 Å². The molecule has 0 rings (SSSR count). The van der Waals surface area contributed by atoms with E-state index in [1.165, 1.54) is 0 Å². The third-order valence-corrected chi connectivity index (χ3v) is 2.34. The number of rotatable bonds is 9. The van der Waals surface area contributed by atoms with Crippen LogP contribution < -0.4 is 11.5 Å². The summed E-state index contributed by atoms with van der Waals surface area (Å²) in [6.45, 7) is 0.869. The summed E-state index contributed by atoms with van der Waals surface area (Å²) in [6.07, 6.45) is -4.77. The summed E-state index contributed by atoms with van der Waals surface area (Å²) in [5.41, 5.74) is 10.2. The van der Waals surface area contributed by atoms with E-state index in [1.807, 2.05) is 0 Å². The first-order valence-electron chi connectivity index (χ1n) is 6.14. The molecular formula is C11H20F3N3O3. The molecule has 0 fully saturated rings. The zero-order chi connectivity index (χ0) is 15.8. The average Bonchev–Trinajstić information content (AvgIpc) is 2.29. The number of nitrogens with zero attached hydrogens (tertiary/aromatic N) is 1. The van der Waals surface area contributed by atoms with Crippen LogP contribution in [0.2, 0.25) is 0 Å². The largest absolute Gasteiger partial charge is 0.406 e. The maximum atomic E-state index is 12.4. The van der Waals surface area contributed by atoms with Gasteiger partial charge in [0.05, 0.1) is 12.5 Å². The molecule has 0 saturated heterocycles. The summed E-state index contributed by atoms with van der Waals surface area (Å²) in [7, 11) is 0. The maximum absolute atomic E-state index is 12.4. The van der Waals surface area contributed by atoms with E-state index in [-0.39, 0.29) is 19.6 Å². The van der Waals surface area contributed by atoms with Crippen LogP contribution in [0.15, 0.2) is 0 Å². The van der Waals surface area contributed by atoms with Crippen molar-refractivity contribution >= 4 is 11.8 Å². The molecule has 0 aromatic carbocycles. The summed E-state index contributed by atoms with van der Waals surface area (Å²) in [5.74, 6) is -1.79. The van der Waals surface area contributed by atoms with Crippen LogP contribution in [0.1, 0.15) is 19.8 Å². The normalized spacial score (nSPS) is 13.1. The highest BCUT2D eigenvalue weighted by Gasteiger charge is 2.34. The highest BCUT2D eigenvalue weighted by molar-refractivity contribution is 5.87. The molecule has 20 heavy (non-hydrogen) atoms.